The van der Waals surface area contributed by atoms with Gasteiger partial charge in [-0.25, -0.2) is 4.79 Å². The Hall–Kier alpha value is -2.37. The van der Waals surface area contributed by atoms with Gasteiger partial charge in [0.25, 0.3) is 0 Å². The minimum absolute atomic E-state index is 0.0774. The van der Waals surface area contributed by atoms with Crippen LogP contribution in [0.15, 0.2) is 18.2 Å². The molecule has 0 bridgehead atoms. The van der Waals surface area contributed by atoms with Crippen molar-refractivity contribution in [2.45, 2.75) is 13.8 Å². The summed E-state index contributed by atoms with van der Waals surface area (Å²) in [5.41, 5.74) is 0.266. The number of aromatic carboxylic acids is 1. The number of anilines is 2. The van der Waals surface area contributed by atoms with Crippen molar-refractivity contribution in [2.24, 2.45) is 0 Å². The highest BCUT2D eigenvalue weighted by atomic mass is 16.4. The van der Waals surface area contributed by atoms with Gasteiger partial charge in [-0.15, -0.1) is 0 Å². The minimum Gasteiger partial charge on any atom is -0.478 e. The van der Waals surface area contributed by atoms with E-state index in [0.717, 1.165) is 0 Å². The van der Waals surface area contributed by atoms with E-state index in [-0.39, 0.29) is 22.8 Å². The fourth-order valence-electron chi connectivity index (χ4n) is 1.34. The highest BCUT2D eigenvalue weighted by Gasteiger charge is 2.15. The Morgan fingerprint density at radius 3 is 2.12 bits per heavy atom. The summed E-state index contributed by atoms with van der Waals surface area (Å²) < 4.78 is 0. The Bertz CT molecular complexity index is 482. The summed E-state index contributed by atoms with van der Waals surface area (Å²) in [4.78, 5) is 32.9. The van der Waals surface area contributed by atoms with Crippen LogP contribution in [0.1, 0.15) is 24.2 Å². The van der Waals surface area contributed by atoms with E-state index in [4.69, 9.17) is 5.11 Å². The number of para-hydroxylation sites is 1. The standard InChI is InChI=1S/C11H12N2O4/c1-6(14)12-9-5-3-4-8(11(16)17)10(9)13-7(2)15/h3-5H,1-2H3,(H,12,14)(H,13,15)(H,16,17). The molecule has 0 saturated heterocycles. The van der Waals surface area contributed by atoms with E-state index in [9.17, 15) is 14.4 Å². The molecule has 0 saturated carbocycles. The third-order valence-electron chi connectivity index (χ3n) is 1.91. The highest BCUT2D eigenvalue weighted by Crippen LogP contribution is 2.26. The number of hydrogen-bond acceptors (Lipinski definition) is 3. The van der Waals surface area contributed by atoms with Crippen LogP contribution in [0.25, 0.3) is 0 Å². The molecule has 0 aliphatic rings. The second kappa shape index (κ2) is 5.11. The van der Waals surface area contributed by atoms with Crippen molar-refractivity contribution in [1.29, 1.82) is 0 Å². The van der Waals surface area contributed by atoms with E-state index < -0.39 is 11.9 Å². The number of carbonyl (C=O) groups excluding carboxylic acids is 2. The fraction of sp³-hybridized carbons (Fsp3) is 0.182. The Balaban J connectivity index is 3.28. The molecular formula is C11H12N2O4. The zero-order chi connectivity index (χ0) is 13.0. The second-order valence-corrected chi connectivity index (χ2v) is 3.40. The van der Waals surface area contributed by atoms with Gasteiger partial charge in [0, 0.05) is 13.8 Å². The van der Waals surface area contributed by atoms with Gasteiger partial charge < -0.3 is 15.7 Å². The predicted octanol–water partition coefficient (Wildman–Crippen LogP) is 1.30. The number of carbonyl (C=O) groups is 3. The molecule has 0 atom stereocenters. The van der Waals surface area contributed by atoms with Crippen LogP contribution in [0.3, 0.4) is 0 Å². The molecule has 0 heterocycles. The maximum absolute atomic E-state index is 11.0. The summed E-state index contributed by atoms with van der Waals surface area (Å²) in [5.74, 6) is -1.94. The van der Waals surface area contributed by atoms with E-state index in [1.165, 1.54) is 32.0 Å². The Morgan fingerprint density at radius 2 is 1.65 bits per heavy atom. The zero-order valence-electron chi connectivity index (χ0n) is 9.40. The largest absolute Gasteiger partial charge is 0.478 e. The Kier molecular flexibility index (Phi) is 3.82. The van der Waals surface area contributed by atoms with Gasteiger partial charge >= 0.3 is 5.97 Å². The van der Waals surface area contributed by atoms with Crippen molar-refractivity contribution >= 4 is 29.2 Å². The Morgan fingerprint density at radius 1 is 1.06 bits per heavy atom. The lowest BCUT2D eigenvalue weighted by molar-refractivity contribution is -0.115. The first-order chi connectivity index (χ1) is 7.91. The summed E-state index contributed by atoms with van der Waals surface area (Å²) >= 11 is 0. The number of rotatable bonds is 3. The number of hydrogen-bond donors (Lipinski definition) is 3. The van der Waals surface area contributed by atoms with Crippen LogP contribution < -0.4 is 10.6 Å². The van der Waals surface area contributed by atoms with Crippen molar-refractivity contribution < 1.29 is 19.5 Å². The van der Waals surface area contributed by atoms with Gasteiger partial charge in [0.1, 0.15) is 0 Å². The van der Waals surface area contributed by atoms with Gasteiger partial charge in [-0.1, -0.05) is 6.07 Å². The molecule has 0 spiro atoms. The average molecular weight is 236 g/mol. The topological polar surface area (TPSA) is 95.5 Å². The number of carboxylic acids is 1. The molecule has 6 heteroatoms. The summed E-state index contributed by atoms with van der Waals surface area (Å²) in [5, 5.41) is 13.8. The van der Waals surface area contributed by atoms with E-state index in [0.29, 0.717) is 0 Å². The summed E-state index contributed by atoms with van der Waals surface area (Å²) in [7, 11) is 0. The molecule has 6 nitrogen and oxygen atoms in total. The Labute approximate surface area is 97.6 Å². The van der Waals surface area contributed by atoms with Gasteiger partial charge in [0.05, 0.1) is 16.9 Å². The minimum atomic E-state index is -1.18. The maximum Gasteiger partial charge on any atom is 0.337 e. The molecule has 0 aromatic heterocycles. The number of carboxylic acid groups (broad SMARTS) is 1. The molecule has 0 fully saturated rings. The molecule has 0 aliphatic heterocycles. The van der Waals surface area contributed by atoms with E-state index in [1.54, 1.807) is 0 Å². The molecule has 17 heavy (non-hydrogen) atoms. The van der Waals surface area contributed by atoms with Crippen molar-refractivity contribution in [3.63, 3.8) is 0 Å². The van der Waals surface area contributed by atoms with Crippen LogP contribution in [-0.2, 0) is 9.59 Å². The summed E-state index contributed by atoms with van der Waals surface area (Å²) in [6.45, 7) is 2.56. The van der Waals surface area contributed by atoms with Gasteiger partial charge in [-0.3, -0.25) is 9.59 Å². The van der Waals surface area contributed by atoms with E-state index in [2.05, 4.69) is 10.6 Å². The quantitative estimate of drug-likeness (QED) is 0.737. The highest BCUT2D eigenvalue weighted by molar-refractivity contribution is 6.06. The van der Waals surface area contributed by atoms with Crippen molar-refractivity contribution in [3.8, 4) is 0 Å². The van der Waals surface area contributed by atoms with Gasteiger partial charge in [-0.2, -0.15) is 0 Å². The van der Waals surface area contributed by atoms with Gasteiger partial charge in [-0.05, 0) is 12.1 Å². The van der Waals surface area contributed by atoms with Crippen LogP contribution >= 0.6 is 0 Å². The molecule has 1 aromatic rings. The third kappa shape index (κ3) is 3.30. The second-order valence-electron chi connectivity index (χ2n) is 3.40. The smallest absolute Gasteiger partial charge is 0.337 e. The molecular weight excluding hydrogens is 224 g/mol. The molecule has 0 aliphatic carbocycles. The van der Waals surface area contributed by atoms with Gasteiger partial charge in [0.15, 0.2) is 0 Å². The zero-order valence-corrected chi connectivity index (χ0v) is 9.40. The molecule has 0 radical (unpaired) electrons. The molecule has 0 unspecified atom stereocenters. The van der Waals surface area contributed by atoms with Crippen LogP contribution in [-0.4, -0.2) is 22.9 Å². The lowest BCUT2D eigenvalue weighted by Gasteiger charge is -2.12. The summed E-state index contributed by atoms with van der Waals surface area (Å²) in [6.07, 6.45) is 0. The average Bonchev–Trinajstić information content (AvgIpc) is 2.18. The predicted molar refractivity (Wildman–Crippen MR) is 62.0 cm³/mol. The SMILES string of the molecule is CC(=O)Nc1cccc(C(=O)O)c1NC(C)=O. The van der Waals surface area contributed by atoms with Crippen molar-refractivity contribution in [3.05, 3.63) is 23.8 Å². The molecule has 90 valence electrons. The van der Waals surface area contributed by atoms with E-state index >= 15 is 0 Å². The first-order valence-electron chi connectivity index (χ1n) is 4.83. The maximum atomic E-state index is 11.0. The van der Waals surface area contributed by atoms with E-state index in [1.807, 2.05) is 0 Å². The first-order valence-corrected chi connectivity index (χ1v) is 4.83. The van der Waals surface area contributed by atoms with Crippen molar-refractivity contribution in [2.75, 3.05) is 10.6 Å². The first kappa shape index (κ1) is 12.7. The van der Waals surface area contributed by atoms with Crippen molar-refractivity contribution in [1.82, 2.24) is 0 Å². The summed E-state index contributed by atoms with van der Waals surface area (Å²) in [6, 6.07) is 4.35. The number of amides is 2. The lowest BCUT2D eigenvalue weighted by Crippen LogP contribution is -2.15. The number of nitrogens with one attached hydrogen (secondary N) is 2. The van der Waals surface area contributed by atoms with Crippen LogP contribution in [0.4, 0.5) is 11.4 Å². The molecule has 1 aromatic carbocycles. The van der Waals surface area contributed by atoms with Gasteiger partial charge in [0.2, 0.25) is 11.8 Å². The molecule has 1 rings (SSSR count). The fourth-order valence-corrected chi connectivity index (χ4v) is 1.34. The van der Waals surface area contributed by atoms with Crippen LogP contribution in [0, 0.1) is 0 Å². The third-order valence-corrected chi connectivity index (χ3v) is 1.91. The monoisotopic (exact) mass is 236 g/mol. The molecule has 2 amide bonds. The van der Waals surface area contributed by atoms with Crippen LogP contribution in [0.5, 0.6) is 0 Å². The lowest BCUT2D eigenvalue weighted by atomic mass is 10.1. The molecule has 3 N–H and O–H groups in total. The number of benzene rings is 1. The van der Waals surface area contributed by atoms with Crippen LogP contribution in [0.2, 0.25) is 0 Å². The normalized spacial score (nSPS) is 9.53.